The average molecular weight is 305 g/mol. The molecule has 1 heterocycles. The minimum atomic E-state index is -4.10. The molecule has 2 nitrogen and oxygen atoms in total. The highest BCUT2D eigenvalue weighted by molar-refractivity contribution is 5.02. The zero-order chi connectivity index (χ0) is 15.1. The zero-order valence-corrected chi connectivity index (χ0v) is 12.6. The highest BCUT2D eigenvalue weighted by atomic mass is 19.4. The molecule has 1 spiro atoms. The summed E-state index contributed by atoms with van der Waals surface area (Å²) in [7, 11) is 0. The van der Waals surface area contributed by atoms with Crippen molar-refractivity contribution in [3.8, 4) is 0 Å². The van der Waals surface area contributed by atoms with E-state index in [2.05, 4.69) is 0 Å². The molecule has 1 aliphatic heterocycles. The molecular weight excluding hydrogens is 279 g/mol. The molecule has 3 unspecified atom stereocenters. The molecule has 0 aromatic carbocycles. The van der Waals surface area contributed by atoms with Crippen molar-refractivity contribution in [1.29, 1.82) is 0 Å². The second-order valence-electron chi connectivity index (χ2n) is 7.50. The van der Waals surface area contributed by atoms with Crippen molar-refractivity contribution < 1.29 is 17.9 Å². The first kappa shape index (κ1) is 15.6. The van der Waals surface area contributed by atoms with Gasteiger partial charge < -0.3 is 10.5 Å². The topological polar surface area (TPSA) is 35.2 Å². The molecule has 3 aliphatic rings. The fourth-order valence-corrected chi connectivity index (χ4v) is 4.88. The van der Waals surface area contributed by atoms with Crippen molar-refractivity contribution in [3.63, 3.8) is 0 Å². The van der Waals surface area contributed by atoms with E-state index in [9.17, 15) is 13.2 Å². The first-order valence-corrected chi connectivity index (χ1v) is 8.33. The molecule has 2 aliphatic carbocycles. The lowest BCUT2D eigenvalue weighted by Crippen LogP contribution is -2.56. The summed E-state index contributed by atoms with van der Waals surface area (Å²) >= 11 is 0. The first-order valence-electron chi connectivity index (χ1n) is 8.33. The van der Waals surface area contributed by atoms with Gasteiger partial charge >= 0.3 is 6.18 Å². The van der Waals surface area contributed by atoms with Gasteiger partial charge in [0.1, 0.15) is 0 Å². The Hall–Kier alpha value is -0.290. The lowest BCUT2D eigenvalue weighted by molar-refractivity contribution is -0.192. The summed E-state index contributed by atoms with van der Waals surface area (Å²) in [5.74, 6) is -1.02. The van der Waals surface area contributed by atoms with E-state index < -0.39 is 17.6 Å². The number of hydrogen-bond donors (Lipinski definition) is 1. The Morgan fingerprint density at radius 1 is 0.952 bits per heavy atom. The molecule has 122 valence electrons. The number of rotatable bonds is 1. The maximum Gasteiger partial charge on any atom is 0.391 e. The van der Waals surface area contributed by atoms with Gasteiger partial charge in [0.15, 0.2) is 0 Å². The van der Waals surface area contributed by atoms with Crippen LogP contribution in [-0.4, -0.2) is 23.9 Å². The average Bonchev–Trinajstić information content (AvgIpc) is 2.86. The van der Waals surface area contributed by atoms with Crippen LogP contribution in [0.2, 0.25) is 0 Å². The number of alkyl halides is 3. The molecule has 0 aromatic rings. The molecule has 2 N–H and O–H groups in total. The third-order valence-electron chi connectivity index (χ3n) is 6.10. The van der Waals surface area contributed by atoms with Crippen LogP contribution in [-0.2, 0) is 4.74 Å². The summed E-state index contributed by atoms with van der Waals surface area (Å²) in [6.07, 6.45) is 3.76. The van der Waals surface area contributed by atoms with Crippen LogP contribution in [0, 0.1) is 11.8 Å². The standard InChI is InChI=1S/C16H26F3NO/c17-16(18,19)13-4-3-8-15(20,11-13)12-5-9-21-14(10-12)6-1-2-7-14/h12-13H,1-11,20H2. The monoisotopic (exact) mass is 305 g/mol. The second kappa shape index (κ2) is 5.41. The molecular formula is C16H26F3NO. The Balaban J connectivity index is 1.72. The molecule has 0 bridgehead atoms. The van der Waals surface area contributed by atoms with Crippen molar-refractivity contribution >= 4 is 0 Å². The fraction of sp³-hybridized carbons (Fsp3) is 1.00. The predicted molar refractivity (Wildman–Crippen MR) is 74.8 cm³/mol. The predicted octanol–water partition coefficient (Wildman–Crippen LogP) is 4.18. The molecule has 3 fully saturated rings. The third-order valence-corrected chi connectivity index (χ3v) is 6.10. The quantitative estimate of drug-likeness (QED) is 0.789. The maximum atomic E-state index is 13.1. The van der Waals surface area contributed by atoms with Crippen LogP contribution < -0.4 is 5.73 Å². The Kier molecular flexibility index (Phi) is 4.02. The van der Waals surface area contributed by atoms with Gasteiger partial charge in [-0.1, -0.05) is 19.3 Å². The van der Waals surface area contributed by atoms with Crippen LogP contribution in [0.3, 0.4) is 0 Å². The SMILES string of the molecule is NC1(C2CCOC3(CCCC3)C2)CCCC(C(F)(F)F)C1. The van der Waals surface area contributed by atoms with Crippen molar-refractivity contribution in [2.75, 3.05) is 6.61 Å². The van der Waals surface area contributed by atoms with Gasteiger partial charge in [0.25, 0.3) is 0 Å². The van der Waals surface area contributed by atoms with Gasteiger partial charge in [-0.3, -0.25) is 0 Å². The van der Waals surface area contributed by atoms with Crippen LogP contribution in [0.1, 0.15) is 64.2 Å². The van der Waals surface area contributed by atoms with Gasteiger partial charge in [-0.25, -0.2) is 0 Å². The molecule has 2 saturated carbocycles. The van der Waals surface area contributed by atoms with Gasteiger partial charge in [0.2, 0.25) is 0 Å². The second-order valence-corrected chi connectivity index (χ2v) is 7.50. The van der Waals surface area contributed by atoms with Crippen LogP contribution in [0.15, 0.2) is 0 Å². The summed E-state index contributed by atoms with van der Waals surface area (Å²) in [6.45, 7) is 0.667. The summed E-state index contributed by atoms with van der Waals surface area (Å²) < 4.78 is 45.2. The van der Waals surface area contributed by atoms with Crippen LogP contribution in [0.25, 0.3) is 0 Å². The normalized spacial score (nSPS) is 40.6. The van der Waals surface area contributed by atoms with Crippen molar-refractivity contribution in [2.45, 2.75) is 81.5 Å². The summed E-state index contributed by atoms with van der Waals surface area (Å²) in [4.78, 5) is 0. The number of ether oxygens (including phenoxy) is 1. The Morgan fingerprint density at radius 3 is 2.33 bits per heavy atom. The molecule has 3 rings (SSSR count). The van der Waals surface area contributed by atoms with Crippen molar-refractivity contribution in [1.82, 2.24) is 0 Å². The molecule has 21 heavy (non-hydrogen) atoms. The fourth-order valence-electron chi connectivity index (χ4n) is 4.88. The largest absolute Gasteiger partial charge is 0.391 e. The maximum absolute atomic E-state index is 13.1. The van der Waals surface area contributed by atoms with E-state index >= 15 is 0 Å². The van der Waals surface area contributed by atoms with E-state index in [0.29, 0.717) is 13.0 Å². The molecule has 5 heteroatoms. The zero-order valence-electron chi connectivity index (χ0n) is 12.6. The van der Waals surface area contributed by atoms with E-state index in [0.717, 1.165) is 32.1 Å². The number of halogens is 3. The number of nitrogens with two attached hydrogens (primary N) is 1. The third kappa shape index (κ3) is 3.09. The Labute approximate surface area is 124 Å². The van der Waals surface area contributed by atoms with E-state index in [1.54, 1.807) is 0 Å². The lowest BCUT2D eigenvalue weighted by atomic mass is 9.64. The van der Waals surface area contributed by atoms with Gasteiger partial charge in [-0.2, -0.15) is 13.2 Å². The van der Waals surface area contributed by atoms with Crippen molar-refractivity contribution in [2.24, 2.45) is 17.6 Å². The minimum Gasteiger partial charge on any atom is -0.375 e. The highest BCUT2D eigenvalue weighted by Gasteiger charge is 2.51. The lowest BCUT2D eigenvalue weighted by Gasteiger charge is -2.49. The van der Waals surface area contributed by atoms with E-state index in [1.807, 2.05) is 0 Å². The summed E-state index contributed by atoms with van der Waals surface area (Å²) in [6, 6.07) is 0. The molecule has 0 radical (unpaired) electrons. The summed E-state index contributed by atoms with van der Waals surface area (Å²) in [5.41, 5.74) is 5.81. The van der Waals surface area contributed by atoms with E-state index in [1.165, 1.54) is 12.8 Å². The smallest absolute Gasteiger partial charge is 0.375 e. The summed E-state index contributed by atoms with van der Waals surface area (Å²) in [5, 5.41) is 0. The molecule has 0 amide bonds. The van der Waals surface area contributed by atoms with E-state index in [4.69, 9.17) is 10.5 Å². The van der Waals surface area contributed by atoms with Gasteiger partial charge in [-0.05, 0) is 50.9 Å². The van der Waals surface area contributed by atoms with Crippen LogP contribution in [0.4, 0.5) is 13.2 Å². The van der Waals surface area contributed by atoms with E-state index in [-0.39, 0.29) is 24.4 Å². The van der Waals surface area contributed by atoms with Gasteiger partial charge in [0.05, 0.1) is 11.5 Å². The number of hydrogen-bond acceptors (Lipinski definition) is 2. The Morgan fingerprint density at radius 2 is 1.67 bits per heavy atom. The molecule has 0 aromatic heterocycles. The van der Waals surface area contributed by atoms with Gasteiger partial charge in [-0.15, -0.1) is 0 Å². The molecule has 3 atom stereocenters. The minimum absolute atomic E-state index is 0.0690. The molecule has 1 saturated heterocycles. The van der Waals surface area contributed by atoms with Crippen molar-refractivity contribution in [3.05, 3.63) is 0 Å². The van der Waals surface area contributed by atoms with Crippen LogP contribution >= 0.6 is 0 Å². The Bertz CT molecular complexity index is 378. The van der Waals surface area contributed by atoms with Crippen LogP contribution in [0.5, 0.6) is 0 Å². The highest BCUT2D eigenvalue weighted by Crippen LogP contribution is 2.50. The first-order chi connectivity index (χ1) is 9.83. The van der Waals surface area contributed by atoms with Gasteiger partial charge in [0, 0.05) is 12.1 Å².